The summed E-state index contributed by atoms with van der Waals surface area (Å²) in [4.78, 5) is 0. The molecule has 0 aliphatic carbocycles. The third-order valence-electron chi connectivity index (χ3n) is 14.8. The number of fused-ring (bicyclic) bond motifs is 17. The Morgan fingerprint density at radius 2 is 0.676 bits per heavy atom. The molecule has 0 saturated heterocycles. The van der Waals surface area contributed by atoms with Crippen molar-refractivity contribution in [2.75, 3.05) is 0 Å². The summed E-state index contributed by atoms with van der Waals surface area (Å²) < 4.78 is 4.82. The Hall–Kier alpha value is -8.98. The molecule has 0 fully saturated rings. The lowest BCUT2D eigenvalue weighted by molar-refractivity contribution is 1.18. The molecule has 0 amide bonds. The highest BCUT2D eigenvalue weighted by Crippen LogP contribution is 2.46. The SMILES string of the molecule is c1ccc(-n2c3ccccc3c3cc(-c4ccc5c(c4)c4ccccc4n5-c4ccc5cc(-c6cc7c8ccccc8c8ccccc8c7c7c6ccc6ccccc67)ccc5c4)ccc32)cc1. The van der Waals surface area contributed by atoms with Gasteiger partial charge in [0.05, 0.1) is 22.1 Å². The molecule has 314 valence electrons. The lowest BCUT2D eigenvalue weighted by Gasteiger charge is -2.18. The molecular weight excluding hydrogens is 821 g/mol. The predicted octanol–water partition coefficient (Wildman–Crippen LogP) is 18.1. The van der Waals surface area contributed by atoms with Crippen molar-refractivity contribution in [2.24, 2.45) is 0 Å². The lowest BCUT2D eigenvalue weighted by atomic mass is 9.85. The van der Waals surface area contributed by atoms with E-state index < -0.39 is 0 Å². The fourth-order valence-corrected chi connectivity index (χ4v) is 11.8. The van der Waals surface area contributed by atoms with Crippen LogP contribution in [0, 0.1) is 0 Å². The first-order chi connectivity index (χ1) is 33.7. The highest BCUT2D eigenvalue weighted by molar-refractivity contribution is 6.36. The van der Waals surface area contributed by atoms with E-state index in [4.69, 9.17) is 0 Å². The van der Waals surface area contributed by atoms with Gasteiger partial charge in [-0.25, -0.2) is 0 Å². The molecule has 0 aliphatic rings. The van der Waals surface area contributed by atoms with Gasteiger partial charge in [0.2, 0.25) is 0 Å². The maximum absolute atomic E-state index is 2.46. The van der Waals surface area contributed by atoms with Gasteiger partial charge in [-0.15, -0.1) is 0 Å². The van der Waals surface area contributed by atoms with Crippen LogP contribution in [0.3, 0.4) is 0 Å². The molecule has 68 heavy (non-hydrogen) atoms. The van der Waals surface area contributed by atoms with E-state index in [-0.39, 0.29) is 0 Å². The summed E-state index contributed by atoms with van der Waals surface area (Å²) in [5.41, 5.74) is 12.0. The minimum absolute atomic E-state index is 1.15. The molecule has 0 bridgehead atoms. The van der Waals surface area contributed by atoms with Crippen LogP contribution >= 0.6 is 0 Å². The van der Waals surface area contributed by atoms with Gasteiger partial charge in [-0.1, -0.05) is 170 Å². The standard InChI is InChI=1S/C66H40N2/c1-2-15-47(16-3-1)67-61-24-12-10-21-53(61)58-38-44(30-34-63(58)67)45-31-35-64-59(39-45)54-22-11-13-25-62(54)68(64)48-32-28-42-36-46(27-26-43(42)37-48)57-40-60-52-20-7-6-18-50(52)51-19-8-9-23-55(51)66(60)65-49-17-5-4-14-41(49)29-33-56(57)65/h1-40H. The van der Waals surface area contributed by atoms with Gasteiger partial charge in [0.15, 0.2) is 0 Å². The number of benzene rings is 13. The van der Waals surface area contributed by atoms with E-state index in [1.165, 1.54) is 136 Å². The fraction of sp³-hybridized carbons (Fsp3) is 0. The molecule has 0 radical (unpaired) electrons. The van der Waals surface area contributed by atoms with Gasteiger partial charge in [0.25, 0.3) is 0 Å². The molecular formula is C66H40N2. The van der Waals surface area contributed by atoms with E-state index in [0.717, 1.165) is 5.69 Å². The second-order valence-electron chi connectivity index (χ2n) is 18.4. The normalized spacial score (nSPS) is 12.1. The molecule has 0 N–H and O–H groups in total. The van der Waals surface area contributed by atoms with Crippen LogP contribution in [-0.2, 0) is 0 Å². The van der Waals surface area contributed by atoms with Gasteiger partial charge in [0.1, 0.15) is 0 Å². The quantitative estimate of drug-likeness (QED) is 0.156. The van der Waals surface area contributed by atoms with E-state index in [2.05, 4.69) is 252 Å². The molecule has 15 rings (SSSR count). The van der Waals surface area contributed by atoms with Crippen molar-refractivity contribution in [1.29, 1.82) is 0 Å². The summed E-state index contributed by atoms with van der Waals surface area (Å²) in [5.74, 6) is 0. The zero-order valence-electron chi connectivity index (χ0n) is 37.0. The summed E-state index contributed by atoms with van der Waals surface area (Å²) in [6.45, 7) is 0. The summed E-state index contributed by atoms with van der Waals surface area (Å²) >= 11 is 0. The third kappa shape index (κ3) is 5.34. The maximum Gasteiger partial charge on any atom is 0.0541 e. The highest BCUT2D eigenvalue weighted by Gasteiger charge is 2.19. The van der Waals surface area contributed by atoms with Gasteiger partial charge >= 0.3 is 0 Å². The average molecular weight is 861 g/mol. The fourth-order valence-electron chi connectivity index (χ4n) is 11.8. The average Bonchev–Trinajstić information content (AvgIpc) is 3.92. The summed E-state index contributed by atoms with van der Waals surface area (Å²) in [6.07, 6.45) is 0. The van der Waals surface area contributed by atoms with Gasteiger partial charge in [0, 0.05) is 32.9 Å². The molecule has 2 nitrogen and oxygen atoms in total. The topological polar surface area (TPSA) is 9.86 Å². The van der Waals surface area contributed by atoms with E-state index in [0.29, 0.717) is 0 Å². The molecule has 2 heteroatoms. The minimum Gasteiger partial charge on any atom is -0.309 e. The van der Waals surface area contributed by atoms with Crippen LogP contribution in [0.4, 0.5) is 0 Å². The summed E-state index contributed by atoms with van der Waals surface area (Å²) in [7, 11) is 0. The predicted molar refractivity (Wildman–Crippen MR) is 291 cm³/mol. The number of aromatic nitrogens is 2. The largest absolute Gasteiger partial charge is 0.309 e. The second kappa shape index (κ2) is 14.3. The van der Waals surface area contributed by atoms with E-state index in [9.17, 15) is 0 Å². The molecule has 2 aromatic heterocycles. The van der Waals surface area contributed by atoms with Crippen molar-refractivity contribution in [3.05, 3.63) is 243 Å². The van der Waals surface area contributed by atoms with E-state index in [1.807, 2.05) is 0 Å². The van der Waals surface area contributed by atoms with Crippen molar-refractivity contribution >= 4 is 108 Å². The Kier molecular flexibility index (Phi) is 7.81. The lowest BCUT2D eigenvalue weighted by Crippen LogP contribution is -1.94. The minimum atomic E-state index is 1.15. The number of para-hydroxylation sites is 3. The Morgan fingerprint density at radius 1 is 0.206 bits per heavy atom. The first kappa shape index (κ1) is 37.3. The number of hydrogen-bond donors (Lipinski definition) is 0. The zero-order valence-corrected chi connectivity index (χ0v) is 37.0. The van der Waals surface area contributed by atoms with Crippen molar-refractivity contribution in [3.8, 4) is 33.6 Å². The maximum atomic E-state index is 2.46. The Balaban J connectivity index is 0.877. The van der Waals surface area contributed by atoms with Gasteiger partial charge in [-0.2, -0.15) is 0 Å². The molecule has 0 unspecified atom stereocenters. The van der Waals surface area contributed by atoms with Crippen molar-refractivity contribution < 1.29 is 0 Å². The van der Waals surface area contributed by atoms with Crippen LogP contribution < -0.4 is 0 Å². The van der Waals surface area contributed by atoms with E-state index in [1.54, 1.807) is 0 Å². The second-order valence-corrected chi connectivity index (χ2v) is 18.4. The summed E-state index contributed by atoms with van der Waals surface area (Å²) in [6, 6.07) is 90.1. The number of hydrogen-bond acceptors (Lipinski definition) is 0. The molecule has 0 atom stereocenters. The van der Waals surface area contributed by atoms with Crippen molar-refractivity contribution in [1.82, 2.24) is 9.13 Å². The molecule has 15 aromatic rings. The first-order valence-electron chi connectivity index (χ1n) is 23.6. The molecule has 0 saturated carbocycles. The van der Waals surface area contributed by atoms with Crippen LogP contribution in [0.5, 0.6) is 0 Å². The van der Waals surface area contributed by atoms with Crippen LogP contribution in [0.25, 0.3) is 142 Å². The van der Waals surface area contributed by atoms with Crippen molar-refractivity contribution in [2.45, 2.75) is 0 Å². The third-order valence-corrected chi connectivity index (χ3v) is 14.8. The molecule has 0 spiro atoms. The molecule has 0 aliphatic heterocycles. The van der Waals surface area contributed by atoms with Gasteiger partial charge in [-0.3, -0.25) is 0 Å². The molecule has 13 aromatic carbocycles. The smallest absolute Gasteiger partial charge is 0.0541 e. The van der Waals surface area contributed by atoms with Crippen LogP contribution in [0.1, 0.15) is 0 Å². The first-order valence-corrected chi connectivity index (χ1v) is 23.6. The van der Waals surface area contributed by atoms with Crippen molar-refractivity contribution in [3.63, 3.8) is 0 Å². The van der Waals surface area contributed by atoms with Gasteiger partial charge < -0.3 is 9.13 Å². The number of rotatable bonds is 4. The Labute approximate surface area is 391 Å². The van der Waals surface area contributed by atoms with Crippen LogP contribution in [0.2, 0.25) is 0 Å². The van der Waals surface area contributed by atoms with Crippen LogP contribution in [0.15, 0.2) is 243 Å². The Morgan fingerprint density at radius 3 is 1.37 bits per heavy atom. The molecule has 2 heterocycles. The van der Waals surface area contributed by atoms with E-state index >= 15 is 0 Å². The number of nitrogens with zero attached hydrogens (tertiary/aromatic N) is 2. The van der Waals surface area contributed by atoms with Gasteiger partial charge in [-0.05, 0) is 160 Å². The monoisotopic (exact) mass is 860 g/mol. The summed E-state index contributed by atoms with van der Waals surface area (Å²) in [5, 5.41) is 20.4. The van der Waals surface area contributed by atoms with Crippen LogP contribution in [-0.4, -0.2) is 9.13 Å². The Bertz CT molecular complexity index is 4600. The highest BCUT2D eigenvalue weighted by atomic mass is 15.0. The zero-order chi connectivity index (χ0) is 44.5.